The van der Waals surface area contributed by atoms with E-state index in [-0.39, 0.29) is 30.2 Å². The molecule has 0 aliphatic carbocycles. The lowest BCUT2D eigenvalue weighted by Gasteiger charge is -2.42. The zero-order chi connectivity index (χ0) is 26.1. The summed E-state index contributed by atoms with van der Waals surface area (Å²) in [4.78, 5) is 29.3. The van der Waals surface area contributed by atoms with Crippen molar-refractivity contribution in [2.45, 2.75) is 37.9 Å². The Morgan fingerprint density at radius 2 is 2.08 bits per heavy atom. The molecule has 2 aromatic rings. The molecule has 1 saturated heterocycles. The molecule has 0 radical (unpaired) electrons. The van der Waals surface area contributed by atoms with Crippen LogP contribution in [0.25, 0.3) is 6.08 Å². The molecular weight excluding hydrogens is 487 g/mol. The van der Waals surface area contributed by atoms with Gasteiger partial charge in [-0.25, -0.2) is 4.79 Å². The molecule has 1 unspecified atom stereocenters. The van der Waals surface area contributed by atoms with Crippen molar-refractivity contribution in [3.8, 4) is 11.8 Å². The summed E-state index contributed by atoms with van der Waals surface area (Å²) in [6, 6.07) is 5.42. The fraction of sp³-hybridized carbons (Fsp3) is 0.455. The van der Waals surface area contributed by atoms with Crippen molar-refractivity contribution < 1.29 is 37.5 Å². The van der Waals surface area contributed by atoms with Crippen molar-refractivity contribution in [3.05, 3.63) is 52.2 Å². The Morgan fingerprint density at radius 1 is 1.36 bits per heavy atom. The van der Waals surface area contributed by atoms with Gasteiger partial charge < -0.3 is 29.6 Å². The molecule has 1 aromatic carbocycles. The van der Waals surface area contributed by atoms with Gasteiger partial charge in [0, 0.05) is 37.2 Å². The van der Waals surface area contributed by atoms with Crippen LogP contribution >= 0.6 is 0 Å². The van der Waals surface area contributed by atoms with E-state index in [4.69, 9.17) is 4.74 Å². The number of fused-ring (bicyclic) bond motifs is 1. The van der Waals surface area contributed by atoms with Crippen LogP contribution in [-0.2, 0) is 6.54 Å². The zero-order valence-corrected chi connectivity index (χ0v) is 19.2. The van der Waals surface area contributed by atoms with E-state index in [1.165, 1.54) is 35.4 Å². The first kappa shape index (κ1) is 25.3. The van der Waals surface area contributed by atoms with Gasteiger partial charge >= 0.3 is 24.3 Å². The number of aromatic nitrogens is 2. The first-order valence-electron chi connectivity index (χ1n) is 11.1. The number of benzene rings is 1. The van der Waals surface area contributed by atoms with Crippen LogP contribution in [0.3, 0.4) is 0 Å². The first-order valence-corrected chi connectivity index (χ1v) is 11.1. The highest BCUT2D eigenvalue weighted by Gasteiger charge is 2.43. The Hall–Kier alpha value is -3.81. The second-order valence-electron chi connectivity index (χ2n) is 8.93. The number of carbonyl (C=O) groups is 1. The lowest BCUT2D eigenvalue weighted by Crippen LogP contribution is -2.58. The highest BCUT2D eigenvalue weighted by atomic mass is 19.4. The van der Waals surface area contributed by atoms with Crippen molar-refractivity contribution in [2.75, 3.05) is 26.2 Å². The molecule has 194 valence electrons. The maximum Gasteiger partial charge on any atom is 0.573 e. The number of nitrogens with zero attached hydrogens (tertiary/aromatic N) is 5. The summed E-state index contributed by atoms with van der Waals surface area (Å²) >= 11 is 0. The van der Waals surface area contributed by atoms with Crippen LogP contribution in [0.4, 0.5) is 23.8 Å². The fourth-order valence-corrected chi connectivity index (χ4v) is 4.43. The summed E-state index contributed by atoms with van der Waals surface area (Å²) in [5.41, 5.74) is -0.0425. The van der Waals surface area contributed by atoms with Crippen LogP contribution in [-0.4, -0.2) is 79.7 Å². The van der Waals surface area contributed by atoms with Gasteiger partial charge in [-0.2, -0.15) is 0 Å². The third-order valence-electron chi connectivity index (χ3n) is 6.00. The minimum absolute atomic E-state index is 0.169. The topological polar surface area (TPSA) is 123 Å². The van der Waals surface area contributed by atoms with Gasteiger partial charge in [0.15, 0.2) is 0 Å². The molecule has 4 rings (SSSR count). The molecule has 1 fully saturated rings. The number of amides is 1. The van der Waals surface area contributed by atoms with E-state index < -0.39 is 23.0 Å². The molecule has 1 amide bonds. The number of nitro groups is 1. The van der Waals surface area contributed by atoms with Crippen molar-refractivity contribution in [2.24, 2.45) is 0 Å². The van der Waals surface area contributed by atoms with Gasteiger partial charge in [-0.05, 0) is 36.0 Å². The average molecular weight is 511 g/mol. The van der Waals surface area contributed by atoms with Gasteiger partial charge in [-0.3, -0.25) is 9.47 Å². The molecular formula is C22H24F3N5O6. The predicted octanol–water partition coefficient (Wildman–Crippen LogP) is 3.61. The van der Waals surface area contributed by atoms with Crippen molar-refractivity contribution in [3.63, 3.8) is 0 Å². The minimum atomic E-state index is -4.76. The SMILES string of the molecule is C[C@]1(CN2CCN(C(=O)O)CC2CC=Cc2ccc(OC(F)(F)F)cc2)Cn2cc([N+](=O)[O-])nc2O1. The molecule has 3 heterocycles. The largest absolute Gasteiger partial charge is 0.573 e. The number of imidazole rings is 1. The van der Waals surface area contributed by atoms with E-state index >= 15 is 0 Å². The van der Waals surface area contributed by atoms with E-state index in [1.807, 2.05) is 13.0 Å². The summed E-state index contributed by atoms with van der Waals surface area (Å²) in [5, 5.41) is 20.4. The molecule has 36 heavy (non-hydrogen) atoms. The molecule has 2 aliphatic rings. The van der Waals surface area contributed by atoms with Gasteiger partial charge in [0.1, 0.15) is 17.5 Å². The Morgan fingerprint density at radius 3 is 2.69 bits per heavy atom. The van der Waals surface area contributed by atoms with Crippen molar-refractivity contribution in [1.29, 1.82) is 0 Å². The molecule has 14 heteroatoms. The Kier molecular flexibility index (Phi) is 6.80. The molecule has 1 N–H and O–H groups in total. The highest BCUT2D eigenvalue weighted by Crippen LogP contribution is 2.32. The van der Waals surface area contributed by atoms with Crippen molar-refractivity contribution >= 4 is 18.0 Å². The Labute approximate surface area is 203 Å². The smallest absolute Gasteiger partial charge is 0.465 e. The maximum atomic E-state index is 12.3. The molecule has 2 atom stereocenters. The number of ether oxygens (including phenoxy) is 2. The summed E-state index contributed by atoms with van der Waals surface area (Å²) in [7, 11) is 0. The van der Waals surface area contributed by atoms with E-state index in [2.05, 4.69) is 14.6 Å². The number of rotatable bonds is 7. The highest BCUT2D eigenvalue weighted by molar-refractivity contribution is 5.65. The van der Waals surface area contributed by atoms with Gasteiger partial charge in [-0.1, -0.05) is 24.3 Å². The van der Waals surface area contributed by atoms with Crippen molar-refractivity contribution in [1.82, 2.24) is 19.4 Å². The predicted molar refractivity (Wildman–Crippen MR) is 120 cm³/mol. The average Bonchev–Trinajstić information content (AvgIpc) is 3.30. The van der Waals surface area contributed by atoms with Gasteiger partial charge in [0.25, 0.3) is 0 Å². The van der Waals surface area contributed by atoms with Gasteiger partial charge in [0.2, 0.25) is 0 Å². The lowest BCUT2D eigenvalue weighted by molar-refractivity contribution is -0.389. The number of carboxylic acid groups (broad SMARTS) is 1. The summed E-state index contributed by atoms with van der Waals surface area (Å²) in [6.07, 6.45) is -0.373. The molecule has 1 aromatic heterocycles. The van der Waals surface area contributed by atoms with E-state index in [0.717, 1.165) is 0 Å². The van der Waals surface area contributed by atoms with Crippen LogP contribution in [0.2, 0.25) is 0 Å². The second kappa shape index (κ2) is 9.68. The maximum absolute atomic E-state index is 12.3. The van der Waals surface area contributed by atoms with E-state index in [0.29, 0.717) is 38.2 Å². The molecule has 11 nitrogen and oxygen atoms in total. The normalized spacial score (nSPS) is 22.4. The molecule has 0 bridgehead atoms. The monoisotopic (exact) mass is 511 g/mol. The minimum Gasteiger partial charge on any atom is -0.465 e. The fourth-order valence-electron chi connectivity index (χ4n) is 4.43. The van der Waals surface area contributed by atoms with Crippen LogP contribution in [0.1, 0.15) is 18.9 Å². The number of hydrogen-bond acceptors (Lipinski definition) is 7. The molecule has 2 aliphatic heterocycles. The Bertz CT molecular complexity index is 1130. The van der Waals surface area contributed by atoms with E-state index in [9.17, 15) is 33.2 Å². The van der Waals surface area contributed by atoms with Gasteiger partial charge in [0.05, 0.1) is 6.54 Å². The summed E-state index contributed by atoms with van der Waals surface area (Å²) < 4.78 is 48.4. The Balaban J connectivity index is 1.41. The molecule has 0 saturated carbocycles. The molecule has 0 spiro atoms. The standard InChI is InChI=1S/C22H24F3N5O6/c1-21(14-29-12-18(30(33)34)26-19(29)36-21)13-28-10-9-27(20(31)32)11-16(28)4-2-3-15-5-7-17(8-6-15)35-22(23,24)25/h2-3,5-8,12,16H,4,9-11,13-14H2,1H3,(H,31,32)/t16?,21-/m0/s1. The third kappa shape index (κ3) is 6.05. The number of piperazine rings is 1. The summed E-state index contributed by atoms with van der Waals surface area (Å²) in [5.74, 6) is -0.603. The third-order valence-corrected chi connectivity index (χ3v) is 6.00. The lowest BCUT2D eigenvalue weighted by atomic mass is 10.0. The zero-order valence-electron chi connectivity index (χ0n) is 19.2. The second-order valence-corrected chi connectivity index (χ2v) is 8.93. The summed E-state index contributed by atoms with van der Waals surface area (Å²) in [6.45, 7) is 3.73. The number of alkyl halides is 3. The number of halogens is 3. The van der Waals surface area contributed by atoms with Crippen LogP contribution in [0.5, 0.6) is 11.8 Å². The van der Waals surface area contributed by atoms with Crippen LogP contribution in [0, 0.1) is 10.1 Å². The van der Waals surface area contributed by atoms with Gasteiger partial charge in [-0.15, -0.1) is 13.2 Å². The van der Waals surface area contributed by atoms with Crippen LogP contribution in [0.15, 0.2) is 36.5 Å². The number of hydrogen-bond donors (Lipinski definition) is 1. The first-order chi connectivity index (χ1) is 16.9. The van der Waals surface area contributed by atoms with E-state index in [1.54, 1.807) is 10.6 Å². The van der Waals surface area contributed by atoms with Crippen LogP contribution < -0.4 is 9.47 Å². The quantitative estimate of drug-likeness (QED) is 0.442.